The van der Waals surface area contributed by atoms with Gasteiger partial charge in [0, 0.05) is 4.90 Å². The van der Waals surface area contributed by atoms with Gasteiger partial charge in [-0.1, -0.05) is 60.7 Å². The van der Waals surface area contributed by atoms with Gasteiger partial charge >= 0.3 is 0 Å². The molecule has 2 rings (SSSR count). The van der Waals surface area contributed by atoms with Crippen molar-refractivity contribution in [2.75, 3.05) is 0 Å². The smallest absolute Gasteiger partial charge is 0.224 e. The summed E-state index contributed by atoms with van der Waals surface area (Å²) in [5.74, 6) is 0. The first-order valence-electron chi connectivity index (χ1n) is 6.04. The molecule has 1 unspecified atom stereocenters. The normalized spacial score (nSPS) is 21.5. The SMILES string of the molecule is O=S(c1ccccc1)C(Cl)(Cl)C1(O)CCCCC1. The molecule has 2 nitrogen and oxygen atoms in total. The van der Waals surface area contributed by atoms with E-state index in [1.165, 1.54) is 0 Å². The van der Waals surface area contributed by atoms with Gasteiger partial charge in [0.05, 0.1) is 10.8 Å². The average molecular weight is 307 g/mol. The Labute approximate surface area is 120 Å². The van der Waals surface area contributed by atoms with Gasteiger partial charge in [-0.25, -0.2) is 0 Å². The third kappa shape index (κ3) is 2.60. The Morgan fingerprint density at radius 3 is 2.22 bits per heavy atom. The zero-order valence-corrected chi connectivity index (χ0v) is 12.3. The van der Waals surface area contributed by atoms with Crippen molar-refractivity contribution in [3.05, 3.63) is 30.3 Å². The molecule has 0 spiro atoms. The van der Waals surface area contributed by atoms with Crippen LogP contribution < -0.4 is 0 Å². The number of hydrogen-bond donors (Lipinski definition) is 1. The molecule has 1 aromatic rings. The molecule has 5 heteroatoms. The van der Waals surface area contributed by atoms with Crippen molar-refractivity contribution in [3.8, 4) is 0 Å². The molecule has 1 saturated carbocycles. The van der Waals surface area contributed by atoms with Crippen molar-refractivity contribution in [1.82, 2.24) is 0 Å². The maximum Gasteiger partial charge on any atom is 0.224 e. The lowest BCUT2D eigenvalue weighted by Gasteiger charge is -2.40. The fourth-order valence-corrected chi connectivity index (χ4v) is 4.45. The van der Waals surface area contributed by atoms with Gasteiger partial charge in [-0.15, -0.1) is 0 Å². The van der Waals surface area contributed by atoms with E-state index in [1.807, 2.05) is 6.07 Å². The lowest BCUT2D eigenvalue weighted by Crippen LogP contribution is -2.50. The number of aliphatic hydroxyl groups is 1. The Balaban J connectivity index is 2.27. The molecule has 0 aromatic heterocycles. The fourth-order valence-electron chi connectivity index (χ4n) is 2.29. The molecule has 0 heterocycles. The quantitative estimate of drug-likeness (QED) is 0.866. The van der Waals surface area contributed by atoms with Crippen LogP contribution in [0.4, 0.5) is 0 Å². The van der Waals surface area contributed by atoms with Crippen molar-refractivity contribution in [2.24, 2.45) is 0 Å². The van der Waals surface area contributed by atoms with Gasteiger partial charge in [-0.3, -0.25) is 4.21 Å². The number of rotatable bonds is 3. The molecular weight excluding hydrogens is 291 g/mol. The van der Waals surface area contributed by atoms with Crippen LogP contribution in [0.25, 0.3) is 0 Å². The molecule has 0 aliphatic heterocycles. The lowest BCUT2D eigenvalue weighted by atomic mass is 9.86. The van der Waals surface area contributed by atoms with Crippen LogP contribution in [0.2, 0.25) is 0 Å². The lowest BCUT2D eigenvalue weighted by molar-refractivity contribution is 0.00839. The van der Waals surface area contributed by atoms with E-state index >= 15 is 0 Å². The van der Waals surface area contributed by atoms with Crippen LogP contribution in [0.15, 0.2) is 35.2 Å². The van der Waals surface area contributed by atoms with Gasteiger partial charge < -0.3 is 5.11 Å². The minimum Gasteiger partial charge on any atom is -0.386 e. The highest BCUT2D eigenvalue weighted by Gasteiger charge is 2.53. The third-order valence-corrected chi connectivity index (χ3v) is 6.50. The summed E-state index contributed by atoms with van der Waals surface area (Å²) >= 11 is 12.5. The van der Waals surface area contributed by atoms with Gasteiger partial charge in [0.1, 0.15) is 5.60 Å². The van der Waals surface area contributed by atoms with Crippen LogP contribution >= 0.6 is 23.2 Å². The van der Waals surface area contributed by atoms with E-state index in [1.54, 1.807) is 24.3 Å². The Bertz CT molecular complexity index is 428. The van der Waals surface area contributed by atoms with E-state index in [-0.39, 0.29) is 0 Å². The summed E-state index contributed by atoms with van der Waals surface area (Å²) in [4.78, 5) is 0.543. The van der Waals surface area contributed by atoms with Crippen LogP contribution in [0, 0.1) is 0 Å². The molecular formula is C13H16Cl2O2S. The van der Waals surface area contributed by atoms with Crippen molar-refractivity contribution in [2.45, 2.75) is 46.3 Å². The molecule has 1 aliphatic rings. The fraction of sp³-hybridized carbons (Fsp3) is 0.538. The minimum absolute atomic E-state index is 0.499. The van der Waals surface area contributed by atoms with Gasteiger partial charge in [0.2, 0.25) is 3.67 Å². The van der Waals surface area contributed by atoms with Crippen molar-refractivity contribution >= 4 is 34.0 Å². The molecule has 0 amide bonds. The maximum absolute atomic E-state index is 12.5. The van der Waals surface area contributed by atoms with Gasteiger partial charge in [-0.05, 0) is 25.0 Å². The van der Waals surface area contributed by atoms with E-state index in [0.717, 1.165) is 19.3 Å². The molecule has 1 aliphatic carbocycles. The third-order valence-electron chi connectivity index (χ3n) is 3.41. The summed E-state index contributed by atoms with van der Waals surface area (Å²) in [6.07, 6.45) is 3.79. The maximum atomic E-state index is 12.5. The van der Waals surface area contributed by atoms with Crippen LogP contribution in [0.3, 0.4) is 0 Å². The zero-order valence-electron chi connectivity index (χ0n) is 9.94. The number of hydrogen-bond acceptors (Lipinski definition) is 2. The molecule has 18 heavy (non-hydrogen) atoms. The molecule has 0 bridgehead atoms. The first-order chi connectivity index (χ1) is 8.47. The molecule has 1 fully saturated rings. The van der Waals surface area contributed by atoms with Crippen LogP contribution in [-0.2, 0) is 10.8 Å². The van der Waals surface area contributed by atoms with Crippen LogP contribution in [0.5, 0.6) is 0 Å². The molecule has 1 atom stereocenters. The number of halogens is 2. The zero-order chi connectivity index (χ0) is 13.2. The molecule has 0 radical (unpaired) electrons. The average Bonchev–Trinajstić information content (AvgIpc) is 2.39. The summed E-state index contributed by atoms with van der Waals surface area (Å²) in [7, 11) is -1.65. The summed E-state index contributed by atoms with van der Waals surface area (Å²) < 4.78 is 10.8. The van der Waals surface area contributed by atoms with Gasteiger partial charge in [0.25, 0.3) is 0 Å². The Morgan fingerprint density at radius 2 is 1.67 bits per heavy atom. The Morgan fingerprint density at radius 1 is 1.11 bits per heavy atom. The van der Waals surface area contributed by atoms with E-state index in [2.05, 4.69) is 0 Å². The second-order valence-corrected chi connectivity index (χ2v) is 8.09. The molecule has 1 N–H and O–H groups in total. The van der Waals surface area contributed by atoms with E-state index in [0.29, 0.717) is 17.7 Å². The largest absolute Gasteiger partial charge is 0.386 e. The summed E-state index contributed by atoms with van der Waals surface area (Å²) in [6.45, 7) is 0. The molecule has 1 aromatic carbocycles. The first-order valence-corrected chi connectivity index (χ1v) is 7.95. The highest BCUT2D eigenvalue weighted by Crippen LogP contribution is 2.47. The number of alkyl halides is 2. The monoisotopic (exact) mass is 306 g/mol. The predicted molar refractivity (Wildman–Crippen MR) is 75.3 cm³/mol. The van der Waals surface area contributed by atoms with Crippen LogP contribution in [0.1, 0.15) is 32.1 Å². The van der Waals surface area contributed by atoms with Crippen molar-refractivity contribution < 1.29 is 9.32 Å². The van der Waals surface area contributed by atoms with E-state index in [4.69, 9.17) is 23.2 Å². The van der Waals surface area contributed by atoms with Crippen molar-refractivity contribution in [3.63, 3.8) is 0 Å². The molecule has 0 saturated heterocycles. The summed E-state index contributed by atoms with van der Waals surface area (Å²) in [5, 5.41) is 10.6. The Kier molecular flexibility index (Phi) is 4.37. The summed E-state index contributed by atoms with van der Waals surface area (Å²) in [5.41, 5.74) is -1.27. The first kappa shape index (κ1) is 14.3. The highest BCUT2D eigenvalue weighted by atomic mass is 35.5. The second kappa shape index (κ2) is 5.49. The second-order valence-electron chi connectivity index (χ2n) is 4.69. The van der Waals surface area contributed by atoms with Gasteiger partial charge in [-0.2, -0.15) is 0 Å². The highest BCUT2D eigenvalue weighted by molar-refractivity contribution is 7.89. The standard InChI is InChI=1S/C13H16Cl2O2S/c14-13(15,12(16)9-5-2-6-10-12)18(17)11-7-3-1-4-8-11/h1,3-4,7-8,16H,2,5-6,9-10H2. The predicted octanol–water partition coefficient (Wildman–Crippen LogP) is 3.62. The van der Waals surface area contributed by atoms with Crippen LogP contribution in [-0.4, -0.2) is 18.6 Å². The van der Waals surface area contributed by atoms with Crippen molar-refractivity contribution in [1.29, 1.82) is 0 Å². The number of benzene rings is 1. The molecule has 100 valence electrons. The Hall–Kier alpha value is -0.0900. The summed E-state index contributed by atoms with van der Waals surface area (Å²) in [6, 6.07) is 8.81. The minimum atomic E-state index is -1.66. The van der Waals surface area contributed by atoms with E-state index < -0.39 is 20.1 Å². The topological polar surface area (TPSA) is 37.3 Å². The van der Waals surface area contributed by atoms with Gasteiger partial charge in [0.15, 0.2) is 0 Å². The van der Waals surface area contributed by atoms with E-state index in [9.17, 15) is 9.32 Å².